The number of nitrogens with zero attached hydrogens (tertiary/aromatic N) is 2. The van der Waals surface area contributed by atoms with Crippen LogP contribution < -0.4 is 4.74 Å². The highest BCUT2D eigenvalue weighted by Crippen LogP contribution is 2.40. The summed E-state index contributed by atoms with van der Waals surface area (Å²) in [5.74, 6) is -1.69. The van der Waals surface area contributed by atoms with Crippen LogP contribution in [0.15, 0.2) is 65.6 Å². The molecule has 1 aliphatic rings. The van der Waals surface area contributed by atoms with Crippen molar-refractivity contribution in [3.05, 3.63) is 103 Å². The smallest absolute Gasteiger partial charge is 0.416 e. The average molecular weight is 553 g/mol. The summed E-state index contributed by atoms with van der Waals surface area (Å²) in [6.45, 7) is -0.197. The quantitative estimate of drug-likeness (QED) is 0.137. The molecule has 13 heteroatoms. The van der Waals surface area contributed by atoms with Crippen molar-refractivity contribution in [3.8, 4) is 11.5 Å². The van der Waals surface area contributed by atoms with Crippen LogP contribution in [0, 0.1) is 15.9 Å². The predicted molar refractivity (Wildman–Crippen MR) is 128 cm³/mol. The van der Waals surface area contributed by atoms with Gasteiger partial charge in [-0.25, -0.2) is 4.39 Å². The molecule has 1 saturated heterocycles. The first-order chi connectivity index (χ1) is 17.4. The molecule has 0 bridgehead atoms. The lowest BCUT2D eigenvalue weighted by atomic mass is 10.1. The van der Waals surface area contributed by atoms with Crippen LogP contribution in [-0.2, 0) is 17.5 Å². The number of alkyl halides is 3. The largest absolute Gasteiger partial charge is 0.449 e. The molecule has 4 rings (SSSR count). The third-order valence-electron chi connectivity index (χ3n) is 5.13. The predicted octanol–water partition coefficient (Wildman–Crippen LogP) is 7.43. The number of hydrogen-bond donors (Lipinski definition) is 0. The highest BCUT2D eigenvalue weighted by atomic mass is 35.5. The maximum atomic E-state index is 13.3. The second-order valence-electron chi connectivity index (χ2n) is 7.58. The van der Waals surface area contributed by atoms with Crippen molar-refractivity contribution in [2.24, 2.45) is 0 Å². The molecule has 0 aliphatic carbocycles. The molecular weight excluding hydrogens is 540 g/mol. The molecule has 0 unspecified atom stereocenters. The summed E-state index contributed by atoms with van der Waals surface area (Å²) < 4.78 is 57.9. The fraction of sp³-hybridized carbons (Fsp3) is 0.0833. The minimum atomic E-state index is -4.79. The normalized spacial score (nSPS) is 14.9. The standard InChI is InChI=1S/C24H13ClF4N2O5S/c25-17-11-16(26)7-5-14(17)12-30-22(32)21(37-23(30)33)9-13-3-1-2-4-19(13)36-20-8-6-15(24(27,28)29)10-18(20)31(34)35/h1-11H,12H2/b21-9+. The van der Waals surface area contributed by atoms with E-state index in [0.717, 1.165) is 23.1 Å². The minimum absolute atomic E-state index is 0.00111. The van der Waals surface area contributed by atoms with Crippen molar-refractivity contribution in [2.45, 2.75) is 12.7 Å². The van der Waals surface area contributed by atoms with E-state index >= 15 is 0 Å². The van der Waals surface area contributed by atoms with Gasteiger partial charge in [-0.05, 0) is 53.7 Å². The van der Waals surface area contributed by atoms with Crippen LogP contribution in [0.25, 0.3) is 6.08 Å². The Morgan fingerprint density at radius 3 is 2.46 bits per heavy atom. The van der Waals surface area contributed by atoms with Gasteiger partial charge in [0.05, 0.1) is 21.9 Å². The fourth-order valence-electron chi connectivity index (χ4n) is 3.33. The highest BCUT2D eigenvalue weighted by Gasteiger charge is 2.36. The summed E-state index contributed by atoms with van der Waals surface area (Å²) in [5, 5.41) is 10.8. The molecule has 3 aromatic carbocycles. The molecule has 1 aliphatic heterocycles. The molecule has 7 nitrogen and oxygen atoms in total. The second-order valence-corrected chi connectivity index (χ2v) is 8.98. The Bertz CT molecular complexity index is 1460. The van der Waals surface area contributed by atoms with E-state index in [9.17, 15) is 37.3 Å². The first-order valence-electron chi connectivity index (χ1n) is 10.3. The second kappa shape index (κ2) is 10.2. The van der Waals surface area contributed by atoms with E-state index in [1.807, 2.05) is 0 Å². The summed E-state index contributed by atoms with van der Waals surface area (Å²) >= 11 is 6.62. The van der Waals surface area contributed by atoms with Crippen molar-refractivity contribution in [3.63, 3.8) is 0 Å². The third kappa shape index (κ3) is 5.75. The van der Waals surface area contributed by atoms with E-state index in [1.165, 1.54) is 30.3 Å². The van der Waals surface area contributed by atoms with Crippen molar-refractivity contribution in [1.82, 2.24) is 4.90 Å². The number of benzene rings is 3. The van der Waals surface area contributed by atoms with Crippen molar-refractivity contribution in [2.75, 3.05) is 0 Å². The number of hydrogen-bond acceptors (Lipinski definition) is 6. The lowest BCUT2D eigenvalue weighted by Crippen LogP contribution is -2.27. The van der Waals surface area contributed by atoms with E-state index in [2.05, 4.69) is 0 Å². The number of nitro groups is 1. The topological polar surface area (TPSA) is 89.7 Å². The number of carbonyl (C=O) groups is 2. The Morgan fingerprint density at radius 2 is 1.78 bits per heavy atom. The van der Waals surface area contributed by atoms with E-state index < -0.39 is 45.1 Å². The van der Waals surface area contributed by atoms with E-state index in [0.29, 0.717) is 29.5 Å². The molecule has 0 N–H and O–H groups in total. The summed E-state index contributed by atoms with van der Waals surface area (Å²) in [5.41, 5.74) is -1.53. The number of rotatable bonds is 6. The van der Waals surface area contributed by atoms with Crippen LogP contribution in [0.4, 0.5) is 28.0 Å². The van der Waals surface area contributed by atoms with Crippen LogP contribution >= 0.6 is 23.4 Å². The number of amides is 2. The van der Waals surface area contributed by atoms with Gasteiger partial charge in [-0.3, -0.25) is 24.6 Å². The summed E-state index contributed by atoms with van der Waals surface area (Å²) in [4.78, 5) is 36.7. The minimum Gasteiger partial charge on any atom is -0.449 e. The van der Waals surface area contributed by atoms with Gasteiger partial charge in [0, 0.05) is 16.7 Å². The lowest BCUT2D eigenvalue weighted by Gasteiger charge is -2.13. The molecule has 0 spiro atoms. The maximum absolute atomic E-state index is 13.3. The molecule has 190 valence electrons. The number of halogens is 5. The van der Waals surface area contributed by atoms with Crippen LogP contribution in [-0.4, -0.2) is 21.0 Å². The molecule has 2 amide bonds. The van der Waals surface area contributed by atoms with Gasteiger partial charge in [-0.2, -0.15) is 13.2 Å². The van der Waals surface area contributed by atoms with Crippen LogP contribution in [0.1, 0.15) is 16.7 Å². The SMILES string of the molecule is O=C1S/C(=C/c2ccccc2Oc2ccc(C(F)(F)F)cc2[N+](=O)[O-])C(=O)N1Cc1ccc(F)cc1Cl. The molecule has 3 aromatic rings. The molecule has 37 heavy (non-hydrogen) atoms. The molecule has 0 aromatic heterocycles. The van der Waals surface area contributed by atoms with Gasteiger partial charge in [-0.15, -0.1) is 0 Å². The van der Waals surface area contributed by atoms with Gasteiger partial charge in [0.15, 0.2) is 0 Å². The third-order valence-corrected chi connectivity index (χ3v) is 6.38. The van der Waals surface area contributed by atoms with E-state index in [-0.39, 0.29) is 27.8 Å². The van der Waals surface area contributed by atoms with Crippen LogP contribution in [0.3, 0.4) is 0 Å². The molecule has 0 radical (unpaired) electrons. The zero-order valence-corrected chi connectivity index (χ0v) is 19.9. The summed E-state index contributed by atoms with van der Waals surface area (Å²) in [7, 11) is 0. The van der Waals surface area contributed by atoms with E-state index in [4.69, 9.17) is 16.3 Å². The van der Waals surface area contributed by atoms with Crippen molar-refractivity contribution in [1.29, 1.82) is 0 Å². The number of thioether (sulfide) groups is 1. The Kier molecular flexibility index (Phi) is 7.23. The van der Waals surface area contributed by atoms with Crippen LogP contribution in [0.5, 0.6) is 11.5 Å². The van der Waals surface area contributed by atoms with E-state index in [1.54, 1.807) is 6.07 Å². The Morgan fingerprint density at radius 1 is 1.05 bits per heavy atom. The zero-order chi connectivity index (χ0) is 26.9. The number of para-hydroxylation sites is 1. The molecule has 0 atom stereocenters. The number of imide groups is 1. The molecule has 0 saturated carbocycles. The molecular formula is C24H13ClF4N2O5S. The maximum Gasteiger partial charge on any atom is 0.416 e. The summed E-state index contributed by atoms with van der Waals surface area (Å²) in [6.07, 6.45) is -3.47. The number of nitro benzene ring substituents is 1. The molecule has 1 fully saturated rings. The van der Waals surface area contributed by atoms with Gasteiger partial charge in [0.1, 0.15) is 11.6 Å². The average Bonchev–Trinajstić information content (AvgIpc) is 3.08. The van der Waals surface area contributed by atoms with Crippen molar-refractivity contribution < 1.29 is 36.8 Å². The fourth-order valence-corrected chi connectivity index (χ4v) is 4.39. The molecule has 1 heterocycles. The highest BCUT2D eigenvalue weighted by molar-refractivity contribution is 8.18. The first kappa shape index (κ1) is 26.2. The van der Waals surface area contributed by atoms with Gasteiger partial charge in [0.25, 0.3) is 11.1 Å². The zero-order valence-electron chi connectivity index (χ0n) is 18.3. The Hall–Kier alpha value is -3.90. The van der Waals surface area contributed by atoms with Crippen molar-refractivity contribution >= 4 is 46.3 Å². The van der Waals surface area contributed by atoms with Gasteiger partial charge >= 0.3 is 11.9 Å². The monoisotopic (exact) mass is 552 g/mol. The first-order valence-corrected chi connectivity index (χ1v) is 11.5. The Balaban J connectivity index is 1.62. The number of ether oxygens (including phenoxy) is 1. The summed E-state index contributed by atoms with van der Waals surface area (Å²) in [6, 6.07) is 11.4. The Labute approximate surface area is 215 Å². The van der Waals surface area contributed by atoms with Gasteiger partial charge < -0.3 is 4.74 Å². The lowest BCUT2D eigenvalue weighted by molar-refractivity contribution is -0.385. The van der Waals surface area contributed by atoms with Gasteiger partial charge in [0.2, 0.25) is 5.75 Å². The van der Waals surface area contributed by atoms with Gasteiger partial charge in [-0.1, -0.05) is 35.9 Å². The number of carbonyl (C=O) groups excluding carboxylic acids is 2. The van der Waals surface area contributed by atoms with Crippen LogP contribution in [0.2, 0.25) is 5.02 Å².